The average Bonchev–Trinajstić information content (AvgIpc) is 2.52. The molecule has 2 aromatic carbocycles. The smallest absolute Gasteiger partial charge is 0.135 e. The van der Waals surface area contributed by atoms with Gasteiger partial charge in [0.1, 0.15) is 18.2 Å². The molecule has 0 fully saturated rings. The van der Waals surface area contributed by atoms with E-state index in [4.69, 9.17) is 15.7 Å². The second-order valence-corrected chi connectivity index (χ2v) is 4.20. The standard InChI is InChI=1S/C17H13FN2O/c18-16-8-7-14(11-20)15(10-16)12-21-17-6-2-1-4-13(17)5-3-9-19/h1-2,4,6-8,10H,9,12,19H2. The zero-order valence-corrected chi connectivity index (χ0v) is 11.3. The number of halogens is 1. The van der Waals surface area contributed by atoms with Gasteiger partial charge in [-0.2, -0.15) is 5.26 Å². The van der Waals surface area contributed by atoms with Gasteiger partial charge in [0, 0.05) is 5.56 Å². The van der Waals surface area contributed by atoms with Crippen molar-refractivity contribution in [3.8, 4) is 23.7 Å². The monoisotopic (exact) mass is 280 g/mol. The largest absolute Gasteiger partial charge is 0.488 e. The Kier molecular flexibility index (Phi) is 4.93. The van der Waals surface area contributed by atoms with E-state index in [0.717, 1.165) is 0 Å². The average molecular weight is 280 g/mol. The highest BCUT2D eigenvalue weighted by Crippen LogP contribution is 2.19. The Morgan fingerprint density at radius 3 is 2.71 bits per heavy atom. The molecule has 0 spiro atoms. The molecule has 104 valence electrons. The number of para-hydroxylation sites is 1. The van der Waals surface area contributed by atoms with Crippen LogP contribution in [0.2, 0.25) is 0 Å². The summed E-state index contributed by atoms with van der Waals surface area (Å²) in [5, 5.41) is 9.01. The Balaban J connectivity index is 2.21. The van der Waals surface area contributed by atoms with Crippen molar-refractivity contribution < 1.29 is 9.13 Å². The van der Waals surface area contributed by atoms with Crippen LogP contribution in [-0.4, -0.2) is 6.54 Å². The van der Waals surface area contributed by atoms with Gasteiger partial charge in [0.2, 0.25) is 0 Å². The fourth-order valence-electron chi connectivity index (χ4n) is 1.79. The lowest BCUT2D eigenvalue weighted by molar-refractivity contribution is 0.304. The number of benzene rings is 2. The van der Waals surface area contributed by atoms with Crippen molar-refractivity contribution in [2.75, 3.05) is 6.54 Å². The molecule has 2 N–H and O–H groups in total. The van der Waals surface area contributed by atoms with Crippen molar-refractivity contribution in [1.82, 2.24) is 0 Å². The van der Waals surface area contributed by atoms with Crippen LogP contribution in [0.3, 0.4) is 0 Å². The van der Waals surface area contributed by atoms with E-state index in [1.165, 1.54) is 18.2 Å². The Morgan fingerprint density at radius 1 is 1.14 bits per heavy atom. The second kappa shape index (κ2) is 7.09. The van der Waals surface area contributed by atoms with Crippen molar-refractivity contribution in [2.45, 2.75) is 6.61 Å². The zero-order valence-electron chi connectivity index (χ0n) is 11.3. The number of nitrogens with two attached hydrogens (primary N) is 1. The van der Waals surface area contributed by atoms with E-state index in [1.54, 1.807) is 6.07 Å². The van der Waals surface area contributed by atoms with E-state index in [2.05, 4.69) is 11.8 Å². The second-order valence-electron chi connectivity index (χ2n) is 4.20. The molecule has 0 atom stereocenters. The third kappa shape index (κ3) is 3.82. The summed E-state index contributed by atoms with van der Waals surface area (Å²) >= 11 is 0. The van der Waals surface area contributed by atoms with E-state index < -0.39 is 5.82 Å². The van der Waals surface area contributed by atoms with E-state index in [1.807, 2.05) is 24.3 Å². The summed E-state index contributed by atoms with van der Waals surface area (Å²) in [4.78, 5) is 0. The summed E-state index contributed by atoms with van der Waals surface area (Å²) in [5.74, 6) is 5.85. The lowest BCUT2D eigenvalue weighted by atomic mass is 10.1. The maximum Gasteiger partial charge on any atom is 0.135 e. The van der Waals surface area contributed by atoms with Crippen molar-refractivity contribution in [3.63, 3.8) is 0 Å². The van der Waals surface area contributed by atoms with Gasteiger partial charge in [-0.15, -0.1) is 0 Å². The van der Waals surface area contributed by atoms with E-state index in [0.29, 0.717) is 22.4 Å². The van der Waals surface area contributed by atoms with Crippen LogP contribution in [0, 0.1) is 29.0 Å². The molecule has 0 radical (unpaired) electrons. The molecule has 2 aromatic rings. The molecule has 0 amide bonds. The molecule has 3 nitrogen and oxygen atoms in total. The van der Waals surface area contributed by atoms with Crippen molar-refractivity contribution in [3.05, 3.63) is 65.0 Å². The molecular formula is C17H13FN2O. The van der Waals surface area contributed by atoms with Crippen LogP contribution in [0.1, 0.15) is 16.7 Å². The van der Waals surface area contributed by atoms with Crippen LogP contribution in [-0.2, 0) is 6.61 Å². The number of hydrogen-bond acceptors (Lipinski definition) is 3. The Morgan fingerprint density at radius 2 is 1.95 bits per heavy atom. The van der Waals surface area contributed by atoms with Crippen LogP contribution in [0.4, 0.5) is 4.39 Å². The number of nitrogens with zero attached hydrogens (tertiary/aromatic N) is 1. The molecule has 21 heavy (non-hydrogen) atoms. The molecule has 0 aliphatic carbocycles. The highest BCUT2D eigenvalue weighted by atomic mass is 19.1. The summed E-state index contributed by atoms with van der Waals surface area (Å²) in [5.41, 5.74) is 6.95. The van der Waals surface area contributed by atoms with Crippen LogP contribution in [0.15, 0.2) is 42.5 Å². The lowest BCUT2D eigenvalue weighted by Gasteiger charge is -2.09. The fourth-order valence-corrected chi connectivity index (χ4v) is 1.79. The van der Waals surface area contributed by atoms with Gasteiger partial charge in [-0.25, -0.2) is 4.39 Å². The first-order chi connectivity index (χ1) is 10.2. The normalized spacial score (nSPS) is 9.38. The first-order valence-electron chi connectivity index (χ1n) is 6.34. The highest BCUT2D eigenvalue weighted by Gasteiger charge is 2.06. The number of hydrogen-bond donors (Lipinski definition) is 1. The maximum absolute atomic E-state index is 13.3. The minimum absolute atomic E-state index is 0.0992. The summed E-state index contributed by atoms with van der Waals surface area (Å²) in [6.45, 7) is 0.360. The molecule has 0 saturated carbocycles. The number of rotatable bonds is 3. The van der Waals surface area contributed by atoms with E-state index >= 15 is 0 Å². The third-order valence-electron chi connectivity index (χ3n) is 2.78. The molecule has 0 heterocycles. The van der Waals surface area contributed by atoms with Gasteiger partial charge in [-0.3, -0.25) is 0 Å². The van der Waals surface area contributed by atoms with Gasteiger partial charge in [-0.05, 0) is 30.3 Å². The first kappa shape index (κ1) is 14.6. The molecular weight excluding hydrogens is 267 g/mol. The highest BCUT2D eigenvalue weighted by molar-refractivity contribution is 5.46. The zero-order chi connectivity index (χ0) is 15.1. The summed E-state index contributed by atoms with van der Waals surface area (Å²) in [7, 11) is 0. The van der Waals surface area contributed by atoms with Crippen molar-refractivity contribution in [1.29, 1.82) is 5.26 Å². The van der Waals surface area contributed by atoms with Crippen molar-refractivity contribution in [2.24, 2.45) is 5.73 Å². The van der Waals surface area contributed by atoms with E-state index in [9.17, 15) is 4.39 Å². The predicted molar refractivity (Wildman–Crippen MR) is 77.8 cm³/mol. The number of nitriles is 1. The van der Waals surface area contributed by atoms with Gasteiger partial charge in [0.05, 0.1) is 23.7 Å². The Labute approximate surface area is 122 Å². The fraction of sp³-hybridized carbons (Fsp3) is 0.118. The Hall–Kier alpha value is -2.82. The third-order valence-corrected chi connectivity index (χ3v) is 2.78. The lowest BCUT2D eigenvalue weighted by Crippen LogP contribution is -2.00. The van der Waals surface area contributed by atoms with Crippen LogP contribution in [0.5, 0.6) is 5.75 Å². The van der Waals surface area contributed by atoms with Crippen LogP contribution < -0.4 is 10.5 Å². The molecule has 0 bridgehead atoms. The summed E-state index contributed by atoms with van der Waals surface area (Å²) < 4.78 is 18.9. The molecule has 4 heteroatoms. The SMILES string of the molecule is N#Cc1ccc(F)cc1COc1ccccc1C#CCN. The minimum atomic E-state index is -0.399. The molecule has 2 rings (SSSR count). The first-order valence-corrected chi connectivity index (χ1v) is 6.34. The Bertz CT molecular complexity index is 738. The van der Waals surface area contributed by atoms with Gasteiger partial charge in [0.25, 0.3) is 0 Å². The molecule has 0 aliphatic heterocycles. The summed E-state index contributed by atoms with van der Waals surface area (Å²) in [6, 6.07) is 13.3. The predicted octanol–water partition coefficient (Wildman–Crippen LogP) is 2.59. The van der Waals surface area contributed by atoms with Gasteiger partial charge >= 0.3 is 0 Å². The molecule has 0 aromatic heterocycles. The van der Waals surface area contributed by atoms with Gasteiger partial charge < -0.3 is 10.5 Å². The number of ether oxygens (including phenoxy) is 1. The van der Waals surface area contributed by atoms with Crippen molar-refractivity contribution >= 4 is 0 Å². The maximum atomic E-state index is 13.3. The van der Waals surface area contributed by atoms with E-state index in [-0.39, 0.29) is 13.2 Å². The van der Waals surface area contributed by atoms with Crippen LogP contribution >= 0.6 is 0 Å². The molecule has 0 saturated heterocycles. The molecule has 0 aliphatic rings. The van der Waals surface area contributed by atoms with Gasteiger partial charge in [0.15, 0.2) is 0 Å². The minimum Gasteiger partial charge on any atom is -0.488 e. The van der Waals surface area contributed by atoms with Gasteiger partial charge in [-0.1, -0.05) is 24.0 Å². The molecule has 0 unspecified atom stereocenters. The quantitative estimate of drug-likeness (QED) is 0.879. The summed E-state index contributed by atoms with van der Waals surface area (Å²) in [6.07, 6.45) is 0. The topological polar surface area (TPSA) is 59.0 Å². The van der Waals surface area contributed by atoms with Crippen LogP contribution in [0.25, 0.3) is 0 Å².